The first-order valence-corrected chi connectivity index (χ1v) is 8.85. The SMILES string of the molecule is CC[C@H](C)[C@@H](C(=O)NCCc1nc(C(C)C)cs1)n1cnnn1. The van der Waals surface area contributed by atoms with Gasteiger partial charge in [-0.25, -0.2) is 9.67 Å². The van der Waals surface area contributed by atoms with Crippen molar-refractivity contribution in [2.75, 3.05) is 6.54 Å². The van der Waals surface area contributed by atoms with Gasteiger partial charge in [0.05, 0.1) is 10.7 Å². The molecule has 2 aromatic rings. The molecule has 0 saturated carbocycles. The number of hydrogen-bond acceptors (Lipinski definition) is 6. The minimum Gasteiger partial charge on any atom is -0.354 e. The van der Waals surface area contributed by atoms with Gasteiger partial charge in [0.15, 0.2) is 0 Å². The topological polar surface area (TPSA) is 85.6 Å². The maximum Gasteiger partial charge on any atom is 0.245 e. The molecule has 0 radical (unpaired) electrons. The van der Waals surface area contributed by atoms with E-state index in [1.165, 1.54) is 11.0 Å². The van der Waals surface area contributed by atoms with Gasteiger partial charge in [-0.1, -0.05) is 34.1 Å². The Labute approximate surface area is 140 Å². The summed E-state index contributed by atoms with van der Waals surface area (Å²) in [6.45, 7) is 8.91. The Morgan fingerprint density at radius 1 is 1.39 bits per heavy atom. The summed E-state index contributed by atoms with van der Waals surface area (Å²) in [5.74, 6) is 0.544. The maximum atomic E-state index is 12.5. The molecule has 0 aliphatic carbocycles. The van der Waals surface area contributed by atoms with Crippen LogP contribution < -0.4 is 5.32 Å². The van der Waals surface area contributed by atoms with E-state index in [0.29, 0.717) is 12.5 Å². The minimum absolute atomic E-state index is 0.0488. The molecule has 0 saturated heterocycles. The monoisotopic (exact) mass is 336 g/mol. The van der Waals surface area contributed by atoms with E-state index in [9.17, 15) is 4.79 Å². The molecule has 1 amide bonds. The summed E-state index contributed by atoms with van der Waals surface area (Å²) >= 11 is 1.65. The molecule has 126 valence electrons. The van der Waals surface area contributed by atoms with Crippen molar-refractivity contribution in [3.63, 3.8) is 0 Å². The molecule has 2 atom stereocenters. The largest absolute Gasteiger partial charge is 0.354 e. The number of hydrogen-bond donors (Lipinski definition) is 1. The number of aromatic nitrogens is 5. The molecule has 23 heavy (non-hydrogen) atoms. The van der Waals surface area contributed by atoms with Crippen LogP contribution in [0.25, 0.3) is 0 Å². The number of amides is 1. The Hall–Kier alpha value is -1.83. The van der Waals surface area contributed by atoms with Gasteiger partial charge in [0, 0.05) is 18.3 Å². The van der Waals surface area contributed by atoms with Gasteiger partial charge in [-0.3, -0.25) is 4.79 Å². The molecular weight excluding hydrogens is 312 g/mol. The number of carbonyl (C=O) groups excluding carboxylic acids is 1. The number of nitrogens with one attached hydrogen (secondary N) is 1. The first kappa shape index (κ1) is 17.5. The lowest BCUT2D eigenvalue weighted by Gasteiger charge is -2.21. The van der Waals surface area contributed by atoms with E-state index in [2.05, 4.69) is 52.0 Å². The molecule has 0 aliphatic heterocycles. The third kappa shape index (κ3) is 4.57. The van der Waals surface area contributed by atoms with Gasteiger partial charge in [-0.05, 0) is 22.3 Å². The molecule has 0 spiro atoms. The van der Waals surface area contributed by atoms with Crippen molar-refractivity contribution in [2.24, 2.45) is 5.92 Å². The zero-order valence-electron chi connectivity index (χ0n) is 14.1. The molecule has 2 heterocycles. The van der Waals surface area contributed by atoms with E-state index in [-0.39, 0.29) is 17.9 Å². The highest BCUT2D eigenvalue weighted by atomic mass is 32.1. The Morgan fingerprint density at radius 3 is 2.74 bits per heavy atom. The van der Waals surface area contributed by atoms with Crippen LogP contribution in [0.5, 0.6) is 0 Å². The van der Waals surface area contributed by atoms with E-state index >= 15 is 0 Å². The summed E-state index contributed by atoms with van der Waals surface area (Å²) in [4.78, 5) is 17.1. The smallest absolute Gasteiger partial charge is 0.245 e. The van der Waals surface area contributed by atoms with Crippen molar-refractivity contribution in [1.82, 2.24) is 30.5 Å². The molecule has 1 N–H and O–H groups in total. The number of nitrogens with zero attached hydrogens (tertiary/aromatic N) is 5. The summed E-state index contributed by atoms with van der Waals surface area (Å²) in [6, 6.07) is -0.377. The Morgan fingerprint density at radius 2 is 2.17 bits per heavy atom. The highest BCUT2D eigenvalue weighted by molar-refractivity contribution is 7.09. The average Bonchev–Trinajstić information content (AvgIpc) is 3.19. The lowest BCUT2D eigenvalue weighted by atomic mass is 9.98. The molecular formula is C15H24N6OS. The molecule has 0 fully saturated rings. The van der Waals surface area contributed by atoms with Gasteiger partial charge < -0.3 is 5.32 Å². The van der Waals surface area contributed by atoms with Gasteiger partial charge in [-0.2, -0.15) is 0 Å². The molecule has 8 heteroatoms. The van der Waals surface area contributed by atoms with Gasteiger partial charge in [0.25, 0.3) is 0 Å². The number of thiazole rings is 1. The molecule has 0 aromatic carbocycles. The lowest BCUT2D eigenvalue weighted by Crippen LogP contribution is -2.37. The third-order valence-corrected chi connectivity index (χ3v) is 4.83. The van der Waals surface area contributed by atoms with Gasteiger partial charge in [-0.15, -0.1) is 16.4 Å². The van der Waals surface area contributed by atoms with Crippen LogP contribution in [0.2, 0.25) is 0 Å². The predicted octanol–water partition coefficient (Wildman–Crippen LogP) is 2.20. The zero-order chi connectivity index (χ0) is 16.8. The van der Waals surface area contributed by atoms with Crippen LogP contribution in [-0.4, -0.2) is 37.6 Å². The number of tetrazole rings is 1. The van der Waals surface area contributed by atoms with Gasteiger partial charge in [0.2, 0.25) is 5.91 Å². The fourth-order valence-electron chi connectivity index (χ4n) is 2.26. The summed E-state index contributed by atoms with van der Waals surface area (Å²) in [6.07, 6.45) is 3.11. The van der Waals surface area contributed by atoms with Crippen molar-refractivity contribution in [2.45, 2.75) is 52.5 Å². The summed E-state index contributed by atoms with van der Waals surface area (Å²) in [5.41, 5.74) is 1.11. The van der Waals surface area contributed by atoms with Gasteiger partial charge in [0.1, 0.15) is 12.4 Å². The summed E-state index contributed by atoms with van der Waals surface area (Å²) < 4.78 is 1.53. The molecule has 0 aliphatic rings. The quantitative estimate of drug-likeness (QED) is 0.799. The van der Waals surface area contributed by atoms with Gasteiger partial charge >= 0.3 is 0 Å². The predicted molar refractivity (Wildman–Crippen MR) is 89.2 cm³/mol. The van der Waals surface area contributed by atoms with Crippen molar-refractivity contribution in [3.05, 3.63) is 22.4 Å². The van der Waals surface area contributed by atoms with Crippen LogP contribution in [0.1, 0.15) is 56.8 Å². The molecule has 2 aromatic heterocycles. The second-order valence-corrected chi connectivity index (χ2v) is 6.92. The Balaban J connectivity index is 1.91. The average molecular weight is 336 g/mol. The normalized spacial score (nSPS) is 14.0. The van der Waals surface area contributed by atoms with E-state index in [4.69, 9.17) is 0 Å². The minimum atomic E-state index is -0.377. The molecule has 7 nitrogen and oxygen atoms in total. The van der Waals surface area contributed by atoms with Crippen molar-refractivity contribution < 1.29 is 4.79 Å². The lowest BCUT2D eigenvalue weighted by molar-refractivity contribution is -0.126. The molecule has 2 rings (SSSR count). The maximum absolute atomic E-state index is 12.5. The van der Waals surface area contributed by atoms with Crippen molar-refractivity contribution >= 4 is 17.2 Å². The van der Waals surface area contributed by atoms with Crippen molar-refractivity contribution in [1.29, 1.82) is 0 Å². The first-order valence-electron chi connectivity index (χ1n) is 7.97. The highest BCUT2D eigenvalue weighted by Crippen LogP contribution is 2.20. The zero-order valence-corrected chi connectivity index (χ0v) is 14.9. The summed E-state index contributed by atoms with van der Waals surface area (Å²) in [5, 5.41) is 17.3. The second kappa shape index (κ2) is 8.14. The van der Waals surface area contributed by atoms with Crippen LogP contribution in [0.3, 0.4) is 0 Å². The molecule has 0 bridgehead atoms. The Bertz CT molecular complexity index is 609. The second-order valence-electron chi connectivity index (χ2n) is 5.98. The summed E-state index contributed by atoms with van der Waals surface area (Å²) in [7, 11) is 0. The standard InChI is InChI=1S/C15H24N6OS/c1-5-11(4)14(21-9-17-19-20-21)15(22)16-7-6-13-18-12(8-23-13)10(2)3/h8-11,14H,5-7H2,1-4H3,(H,16,22)/t11-,14-/m0/s1. The number of rotatable bonds is 8. The fourth-order valence-corrected chi connectivity index (χ4v) is 3.22. The van der Waals surface area contributed by atoms with Crippen LogP contribution >= 0.6 is 11.3 Å². The van der Waals surface area contributed by atoms with E-state index < -0.39 is 0 Å². The van der Waals surface area contributed by atoms with Crippen LogP contribution in [0.15, 0.2) is 11.7 Å². The Kier molecular flexibility index (Phi) is 6.20. The third-order valence-electron chi connectivity index (χ3n) is 3.90. The van der Waals surface area contributed by atoms with E-state index in [1.54, 1.807) is 11.3 Å². The first-order chi connectivity index (χ1) is 11.0. The van der Waals surface area contributed by atoms with Crippen LogP contribution in [0, 0.1) is 5.92 Å². The fraction of sp³-hybridized carbons (Fsp3) is 0.667. The number of carbonyl (C=O) groups is 1. The van der Waals surface area contributed by atoms with E-state index in [1.807, 2.05) is 6.92 Å². The molecule has 0 unspecified atom stereocenters. The van der Waals surface area contributed by atoms with Crippen LogP contribution in [0.4, 0.5) is 0 Å². The van der Waals surface area contributed by atoms with Crippen molar-refractivity contribution in [3.8, 4) is 0 Å². The highest BCUT2D eigenvalue weighted by Gasteiger charge is 2.26. The van der Waals surface area contributed by atoms with E-state index in [0.717, 1.165) is 23.5 Å². The van der Waals surface area contributed by atoms with Crippen LogP contribution in [-0.2, 0) is 11.2 Å².